The van der Waals surface area contributed by atoms with Gasteiger partial charge in [-0.1, -0.05) is 23.5 Å². The van der Waals surface area contributed by atoms with Crippen LogP contribution < -0.4 is 5.32 Å². The molecule has 3 rings (SSSR count). The van der Waals surface area contributed by atoms with Crippen LogP contribution in [0.4, 0.5) is 10.9 Å². The summed E-state index contributed by atoms with van der Waals surface area (Å²) in [4.78, 5) is 13.8. The normalized spacial score (nSPS) is 10.4. The number of nitrogens with zero attached hydrogens (tertiary/aromatic N) is 3. The molecule has 0 fully saturated rings. The minimum absolute atomic E-state index is 0.765. The van der Waals surface area contributed by atoms with Gasteiger partial charge in [-0.15, -0.1) is 0 Å². The summed E-state index contributed by atoms with van der Waals surface area (Å²) in [7, 11) is 0. The van der Waals surface area contributed by atoms with Crippen molar-refractivity contribution in [1.82, 2.24) is 15.0 Å². The standard InChI is InChI=1S/C13H9BrN4S/c14-11-4-1-5-12(17-11)18-13-16-8-10(19-13)9-3-2-6-15-7-9/h1-8H,(H,16,17,18). The number of hydrogen-bond acceptors (Lipinski definition) is 5. The summed E-state index contributed by atoms with van der Waals surface area (Å²) in [5, 5.41) is 3.99. The molecule has 3 aromatic heterocycles. The van der Waals surface area contributed by atoms with E-state index in [0.717, 1.165) is 26.0 Å². The molecule has 0 aliphatic rings. The van der Waals surface area contributed by atoms with Crippen LogP contribution >= 0.6 is 27.3 Å². The van der Waals surface area contributed by atoms with E-state index in [1.165, 1.54) is 0 Å². The Hall–Kier alpha value is -1.79. The van der Waals surface area contributed by atoms with Gasteiger partial charge in [-0.25, -0.2) is 9.97 Å². The van der Waals surface area contributed by atoms with Crippen LogP contribution in [0, 0.1) is 0 Å². The maximum atomic E-state index is 4.34. The summed E-state index contributed by atoms with van der Waals surface area (Å²) in [6.45, 7) is 0. The number of thiazole rings is 1. The van der Waals surface area contributed by atoms with Gasteiger partial charge in [0.1, 0.15) is 10.4 Å². The molecule has 94 valence electrons. The zero-order valence-corrected chi connectivity index (χ0v) is 12.1. The Labute approximate surface area is 122 Å². The van der Waals surface area contributed by atoms with Crippen LogP contribution in [0.3, 0.4) is 0 Å². The van der Waals surface area contributed by atoms with Gasteiger partial charge >= 0.3 is 0 Å². The first-order chi connectivity index (χ1) is 9.31. The molecule has 0 aromatic carbocycles. The van der Waals surface area contributed by atoms with Crippen molar-refractivity contribution in [2.75, 3.05) is 5.32 Å². The van der Waals surface area contributed by atoms with E-state index < -0.39 is 0 Å². The largest absolute Gasteiger partial charge is 0.316 e. The van der Waals surface area contributed by atoms with E-state index in [1.807, 2.05) is 42.7 Å². The average Bonchev–Trinajstić information content (AvgIpc) is 2.88. The average molecular weight is 333 g/mol. The number of aromatic nitrogens is 3. The molecule has 0 spiro atoms. The van der Waals surface area contributed by atoms with Crippen LogP contribution in [0.15, 0.2) is 53.5 Å². The lowest BCUT2D eigenvalue weighted by Crippen LogP contribution is -1.91. The van der Waals surface area contributed by atoms with Crippen molar-refractivity contribution in [3.63, 3.8) is 0 Å². The fourth-order valence-corrected chi connectivity index (χ4v) is 2.72. The zero-order valence-electron chi connectivity index (χ0n) is 9.75. The van der Waals surface area contributed by atoms with Gasteiger partial charge in [0.05, 0.1) is 4.88 Å². The van der Waals surface area contributed by atoms with E-state index in [9.17, 15) is 0 Å². The van der Waals surface area contributed by atoms with Crippen LogP contribution in [0.1, 0.15) is 0 Å². The molecule has 4 nitrogen and oxygen atoms in total. The van der Waals surface area contributed by atoms with Crippen LogP contribution in [-0.2, 0) is 0 Å². The Balaban J connectivity index is 1.82. The van der Waals surface area contributed by atoms with Gasteiger partial charge in [-0.2, -0.15) is 0 Å². The van der Waals surface area contributed by atoms with E-state index in [2.05, 4.69) is 36.2 Å². The number of anilines is 2. The van der Waals surface area contributed by atoms with Gasteiger partial charge in [0.2, 0.25) is 0 Å². The quantitative estimate of drug-likeness (QED) is 0.733. The van der Waals surface area contributed by atoms with Crippen molar-refractivity contribution in [1.29, 1.82) is 0 Å². The highest BCUT2D eigenvalue weighted by Gasteiger charge is 2.05. The molecule has 0 radical (unpaired) electrons. The van der Waals surface area contributed by atoms with E-state index in [0.29, 0.717) is 0 Å². The molecule has 0 aliphatic carbocycles. The Morgan fingerprint density at radius 1 is 1.11 bits per heavy atom. The van der Waals surface area contributed by atoms with Crippen molar-refractivity contribution >= 4 is 38.2 Å². The Morgan fingerprint density at radius 2 is 2.05 bits per heavy atom. The lowest BCUT2D eigenvalue weighted by Gasteiger charge is -2.00. The molecule has 0 saturated heterocycles. The van der Waals surface area contributed by atoms with E-state index in [4.69, 9.17) is 0 Å². The van der Waals surface area contributed by atoms with Crippen molar-refractivity contribution in [2.45, 2.75) is 0 Å². The third-order valence-electron chi connectivity index (χ3n) is 2.40. The zero-order chi connectivity index (χ0) is 13.1. The molecule has 0 amide bonds. The van der Waals surface area contributed by atoms with Crippen LogP contribution in [0.5, 0.6) is 0 Å². The molecule has 3 heterocycles. The molecular formula is C13H9BrN4S. The third kappa shape index (κ3) is 2.97. The highest BCUT2D eigenvalue weighted by atomic mass is 79.9. The van der Waals surface area contributed by atoms with Crippen molar-refractivity contribution < 1.29 is 0 Å². The first kappa shape index (κ1) is 12.3. The van der Waals surface area contributed by atoms with E-state index in [1.54, 1.807) is 17.5 Å². The molecule has 19 heavy (non-hydrogen) atoms. The minimum atomic E-state index is 0.765. The van der Waals surface area contributed by atoms with Gasteiger partial charge in [-0.3, -0.25) is 4.98 Å². The number of halogens is 1. The summed E-state index contributed by atoms with van der Waals surface area (Å²) in [5.41, 5.74) is 1.07. The fraction of sp³-hybridized carbons (Fsp3) is 0. The number of hydrogen-bond donors (Lipinski definition) is 1. The number of pyridine rings is 2. The van der Waals surface area contributed by atoms with Crippen molar-refractivity contribution in [3.8, 4) is 10.4 Å². The molecule has 1 N–H and O–H groups in total. The Morgan fingerprint density at radius 3 is 2.84 bits per heavy atom. The fourth-order valence-electron chi connectivity index (χ4n) is 1.56. The summed E-state index contributed by atoms with van der Waals surface area (Å²) in [6, 6.07) is 9.64. The molecule has 3 aromatic rings. The van der Waals surface area contributed by atoms with Gasteiger partial charge in [0.25, 0.3) is 0 Å². The summed E-state index contributed by atoms with van der Waals surface area (Å²) in [5.74, 6) is 0.765. The molecular weight excluding hydrogens is 324 g/mol. The van der Waals surface area contributed by atoms with Crippen molar-refractivity contribution in [2.24, 2.45) is 0 Å². The SMILES string of the molecule is Brc1cccc(Nc2ncc(-c3cccnc3)s2)n1. The molecule has 0 bridgehead atoms. The second-order valence-corrected chi connectivity index (χ2v) is 5.59. The number of rotatable bonds is 3. The van der Waals surface area contributed by atoms with Crippen LogP contribution in [-0.4, -0.2) is 15.0 Å². The number of nitrogens with one attached hydrogen (secondary N) is 1. The maximum absolute atomic E-state index is 4.34. The second-order valence-electron chi connectivity index (χ2n) is 3.74. The first-order valence-electron chi connectivity index (χ1n) is 5.57. The lowest BCUT2D eigenvalue weighted by atomic mass is 10.3. The molecule has 0 saturated carbocycles. The topological polar surface area (TPSA) is 50.7 Å². The molecule has 0 atom stereocenters. The van der Waals surface area contributed by atoms with Crippen LogP contribution in [0.2, 0.25) is 0 Å². The smallest absolute Gasteiger partial charge is 0.188 e. The predicted molar refractivity (Wildman–Crippen MR) is 80.6 cm³/mol. The van der Waals surface area contributed by atoms with E-state index in [-0.39, 0.29) is 0 Å². The van der Waals surface area contributed by atoms with Crippen LogP contribution in [0.25, 0.3) is 10.4 Å². The lowest BCUT2D eigenvalue weighted by molar-refractivity contribution is 1.25. The second kappa shape index (κ2) is 5.46. The molecule has 0 unspecified atom stereocenters. The third-order valence-corrected chi connectivity index (χ3v) is 3.81. The minimum Gasteiger partial charge on any atom is -0.316 e. The van der Waals surface area contributed by atoms with Gasteiger partial charge < -0.3 is 5.32 Å². The van der Waals surface area contributed by atoms with E-state index >= 15 is 0 Å². The summed E-state index contributed by atoms with van der Waals surface area (Å²) in [6.07, 6.45) is 5.42. The van der Waals surface area contributed by atoms with Gasteiger partial charge in [0.15, 0.2) is 5.13 Å². The maximum Gasteiger partial charge on any atom is 0.188 e. The first-order valence-corrected chi connectivity index (χ1v) is 7.18. The molecule has 6 heteroatoms. The Kier molecular flexibility index (Phi) is 3.52. The summed E-state index contributed by atoms with van der Waals surface area (Å²) >= 11 is 4.91. The monoisotopic (exact) mass is 332 g/mol. The highest BCUT2D eigenvalue weighted by Crippen LogP contribution is 2.29. The van der Waals surface area contributed by atoms with Gasteiger partial charge in [-0.05, 0) is 34.1 Å². The highest BCUT2D eigenvalue weighted by molar-refractivity contribution is 9.10. The van der Waals surface area contributed by atoms with Gasteiger partial charge in [0, 0.05) is 24.2 Å². The summed E-state index contributed by atoms with van der Waals surface area (Å²) < 4.78 is 0.793. The predicted octanol–water partition coefficient (Wildman–Crippen LogP) is 4.11. The Bertz CT molecular complexity index is 684. The van der Waals surface area contributed by atoms with Crippen molar-refractivity contribution in [3.05, 3.63) is 53.5 Å². The molecule has 0 aliphatic heterocycles.